The zero-order chi connectivity index (χ0) is 12.3. The van der Waals surface area contributed by atoms with Gasteiger partial charge in [0.2, 0.25) is 0 Å². The minimum absolute atomic E-state index is 0.722. The Morgan fingerprint density at radius 3 is 1.40 bits per heavy atom. The summed E-state index contributed by atoms with van der Waals surface area (Å²) in [5.41, 5.74) is 0. The first kappa shape index (κ1) is 15.7. The molecular formula is C7H24O4Si4. The van der Waals surface area contributed by atoms with E-state index in [2.05, 4.69) is 0 Å². The van der Waals surface area contributed by atoms with Crippen molar-refractivity contribution in [2.75, 3.05) is 0 Å². The van der Waals surface area contributed by atoms with Gasteiger partial charge >= 0.3 is 9.05 Å². The first-order chi connectivity index (χ1) is 6.47. The second-order valence-electron chi connectivity index (χ2n) is 5.39. The highest BCUT2D eigenvalue weighted by atomic mass is 28.5. The van der Waals surface area contributed by atoms with Gasteiger partial charge in [-0.05, 0) is 39.3 Å². The van der Waals surface area contributed by atoms with E-state index in [-0.39, 0.29) is 0 Å². The lowest BCUT2D eigenvalue weighted by molar-refractivity contribution is 0.148. The minimum atomic E-state index is -3.34. The van der Waals surface area contributed by atoms with E-state index in [1.807, 2.05) is 45.8 Å². The van der Waals surface area contributed by atoms with Gasteiger partial charge in [0.1, 0.15) is 0 Å². The van der Waals surface area contributed by atoms with Gasteiger partial charge in [-0.2, -0.15) is 0 Å². The van der Waals surface area contributed by atoms with Crippen molar-refractivity contribution in [2.45, 2.75) is 45.8 Å². The van der Waals surface area contributed by atoms with Crippen LogP contribution in [0.5, 0.6) is 0 Å². The van der Waals surface area contributed by atoms with Crippen LogP contribution in [0.1, 0.15) is 0 Å². The molecule has 0 aliphatic heterocycles. The van der Waals surface area contributed by atoms with Crippen LogP contribution in [-0.2, 0) is 12.3 Å². The molecule has 0 unspecified atom stereocenters. The molecule has 1 N–H and O–H groups in total. The molecule has 0 aromatic carbocycles. The van der Waals surface area contributed by atoms with Gasteiger partial charge in [0.15, 0.2) is 26.4 Å². The third kappa shape index (κ3) is 8.51. The number of hydrogen-bond acceptors (Lipinski definition) is 4. The SMILES string of the molecule is C[SiH2]O[Si](O)(O[Si](C)(C)C)O[Si](C)(C)C. The van der Waals surface area contributed by atoms with Gasteiger partial charge < -0.3 is 17.1 Å². The van der Waals surface area contributed by atoms with Crippen molar-refractivity contribution >= 4 is 35.4 Å². The Balaban J connectivity index is 4.59. The Morgan fingerprint density at radius 2 is 1.20 bits per heavy atom. The number of hydrogen-bond donors (Lipinski definition) is 1. The molecule has 0 atom stereocenters. The van der Waals surface area contributed by atoms with Crippen molar-refractivity contribution < 1.29 is 17.1 Å². The summed E-state index contributed by atoms with van der Waals surface area (Å²) in [4.78, 5) is 10.3. The summed E-state index contributed by atoms with van der Waals surface area (Å²) in [5.74, 6) is 0. The predicted molar refractivity (Wildman–Crippen MR) is 72.3 cm³/mol. The molecule has 8 heteroatoms. The summed E-state index contributed by atoms with van der Waals surface area (Å²) < 4.78 is 16.8. The van der Waals surface area contributed by atoms with Crippen LogP contribution in [0.3, 0.4) is 0 Å². The topological polar surface area (TPSA) is 47.9 Å². The third-order valence-electron chi connectivity index (χ3n) is 1.20. The van der Waals surface area contributed by atoms with E-state index >= 15 is 0 Å². The predicted octanol–water partition coefficient (Wildman–Crippen LogP) is 1.27. The van der Waals surface area contributed by atoms with Gasteiger partial charge in [0, 0.05) is 0 Å². The smallest absolute Gasteiger partial charge is 0.401 e. The molecule has 0 spiro atoms. The fourth-order valence-electron chi connectivity index (χ4n) is 1.04. The van der Waals surface area contributed by atoms with E-state index in [4.69, 9.17) is 12.3 Å². The van der Waals surface area contributed by atoms with Gasteiger partial charge in [-0.3, -0.25) is 0 Å². The van der Waals surface area contributed by atoms with E-state index in [1.165, 1.54) is 0 Å². The minimum Gasteiger partial charge on any atom is -0.401 e. The fourth-order valence-corrected chi connectivity index (χ4v) is 10.8. The maximum atomic E-state index is 10.3. The first-order valence-corrected chi connectivity index (χ1v) is 15.7. The molecule has 0 saturated heterocycles. The van der Waals surface area contributed by atoms with E-state index in [1.54, 1.807) is 0 Å². The largest absolute Gasteiger partial charge is 0.644 e. The quantitative estimate of drug-likeness (QED) is 0.746. The Kier molecular flexibility index (Phi) is 5.61. The van der Waals surface area contributed by atoms with Crippen LogP contribution in [0.25, 0.3) is 0 Å². The highest BCUT2D eigenvalue weighted by Crippen LogP contribution is 2.18. The van der Waals surface area contributed by atoms with Gasteiger partial charge in [-0.1, -0.05) is 6.55 Å². The number of rotatable bonds is 6. The maximum absolute atomic E-state index is 10.3. The second-order valence-corrected chi connectivity index (χ2v) is 18.2. The molecular weight excluding hydrogens is 260 g/mol. The third-order valence-corrected chi connectivity index (χ3v) is 10.8. The van der Waals surface area contributed by atoms with Crippen LogP contribution in [0, 0.1) is 0 Å². The molecule has 0 aromatic heterocycles. The van der Waals surface area contributed by atoms with E-state index in [9.17, 15) is 4.80 Å². The Morgan fingerprint density at radius 1 is 0.867 bits per heavy atom. The van der Waals surface area contributed by atoms with E-state index in [0.29, 0.717) is 0 Å². The summed E-state index contributed by atoms with van der Waals surface area (Å²) in [5, 5.41) is 0. The zero-order valence-electron chi connectivity index (χ0n) is 10.9. The Labute approximate surface area is 98.6 Å². The highest BCUT2D eigenvalue weighted by molar-refractivity contribution is 6.84. The van der Waals surface area contributed by atoms with Crippen LogP contribution in [0.15, 0.2) is 0 Å². The molecule has 4 nitrogen and oxygen atoms in total. The molecule has 0 aliphatic carbocycles. The van der Waals surface area contributed by atoms with Crippen LogP contribution in [0.4, 0.5) is 0 Å². The molecule has 0 amide bonds. The van der Waals surface area contributed by atoms with Crippen molar-refractivity contribution in [3.05, 3.63) is 0 Å². The summed E-state index contributed by atoms with van der Waals surface area (Å²) in [6, 6.07) is 0. The first-order valence-electron chi connectivity index (χ1n) is 5.24. The molecule has 0 fully saturated rings. The Bertz CT molecular complexity index is 182. The lowest BCUT2D eigenvalue weighted by Gasteiger charge is -2.34. The lowest BCUT2D eigenvalue weighted by atomic mass is 11.8. The van der Waals surface area contributed by atoms with E-state index in [0.717, 1.165) is 0 Å². The molecule has 0 saturated carbocycles. The van der Waals surface area contributed by atoms with Gasteiger partial charge in [0.25, 0.3) is 0 Å². The summed E-state index contributed by atoms with van der Waals surface area (Å²) in [7, 11) is -7.70. The average Bonchev–Trinajstić information content (AvgIpc) is 1.74. The van der Waals surface area contributed by atoms with Gasteiger partial charge in [0.05, 0.1) is 0 Å². The molecule has 0 heterocycles. The summed E-state index contributed by atoms with van der Waals surface area (Å²) in [6.45, 7) is 14.1. The lowest BCUT2D eigenvalue weighted by Crippen LogP contribution is -2.57. The highest BCUT2D eigenvalue weighted by Gasteiger charge is 2.47. The molecule has 0 rings (SSSR count). The molecule has 0 bridgehead atoms. The van der Waals surface area contributed by atoms with Crippen molar-refractivity contribution in [1.82, 2.24) is 0 Å². The van der Waals surface area contributed by atoms with Crippen molar-refractivity contribution in [3.63, 3.8) is 0 Å². The fraction of sp³-hybridized carbons (Fsp3) is 1.00. The normalized spacial score (nSPS) is 15.2. The maximum Gasteiger partial charge on any atom is 0.644 e. The van der Waals surface area contributed by atoms with Gasteiger partial charge in [-0.25, -0.2) is 0 Å². The molecule has 0 aliphatic rings. The molecule has 0 radical (unpaired) electrons. The molecule has 15 heavy (non-hydrogen) atoms. The van der Waals surface area contributed by atoms with Crippen molar-refractivity contribution in [1.29, 1.82) is 0 Å². The molecule has 92 valence electrons. The monoisotopic (exact) mass is 284 g/mol. The average molecular weight is 285 g/mol. The zero-order valence-corrected chi connectivity index (χ0v) is 15.3. The van der Waals surface area contributed by atoms with Crippen LogP contribution < -0.4 is 0 Å². The van der Waals surface area contributed by atoms with Crippen LogP contribution in [-0.4, -0.2) is 40.2 Å². The van der Waals surface area contributed by atoms with E-state index < -0.39 is 35.4 Å². The van der Waals surface area contributed by atoms with Crippen LogP contribution >= 0.6 is 0 Å². The standard InChI is InChI=1S/C7H24O4Si4/c1-12-9-15(8,10-13(2,3)4)11-14(5,6)7/h8H,12H2,1-7H3. The summed E-state index contributed by atoms with van der Waals surface area (Å²) in [6.07, 6.45) is 0. The van der Waals surface area contributed by atoms with Crippen molar-refractivity contribution in [2.24, 2.45) is 0 Å². The Hall–Kier alpha value is 0.708. The van der Waals surface area contributed by atoms with Crippen molar-refractivity contribution in [3.8, 4) is 0 Å². The summed E-state index contributed by atoms with van der Waals surface area (Å²) >= 11 is 0. The molecule has 0 aromatic rings. The van der Waals surface area contributed by atoms with Gasteiger partial charge in [-0.15, -0.1) is 0 Å². The second kappa shape index (κ2) is 5.36. The van der Waals surface area contributed by atoms with Crippen LogP contribution in [0.2, 0.25) is 45.8 Å².